The van der Waals surface area contributed by atoms with Gasteiger partial charge < -0.3 is 10.2 Å². The standard InChI is InChI=1S/C14H19N5S2/c1-20-14-18-17-13(21-14)10-15-8-11-4-5-12(16-9-11)19-6-2-3-7-19/h4-5,9,15H,2-3,6-8,10H2,1H3. The summed E-state index contributed by atoms with van der Waals surface area (Å²) in [4.78, 5) is 6.91. The van der Waals surface area contributed by atoms with Gasteiger partial charge in [0, 0.05) is 25.8 Å². The first-order valence-electron chi connectivity index (χ1n) is 7.12. The molecule has 1 N–H and O–H groups in total. The lowest BCUT2D eigenvalue weighted by molar-refractivity contribution is 0.681. The minimum absolute atomic E-state index is 0.756. The second-order valence-electron chi connectivity index (χ2n) is 4.99. The Balaban J connectivity index is 1.48. The van der Waals surface area contributed by atoms with Crippen LogP contribution in [0.2, 0.25) is 0 Å². The van der Waals surface area contributed by atoms with Gasteiger partial charge in [0.1, 0.15) is 10.8 Å². The maximum atomic E-state index is 4.56. The Hall–Kier alpha value is -1.18. The Bertz CT molecular complexity index is 563. The van der Waals surface area contributed by atoms with Crippen molar-refractivity contribution in [1.29, 1.82) is 0 Å². The number of thioether (sulfide) groups is 1. The van der Waals surface area contributed by atoms with Crippen molar-refractivity contribution in [2.75, 3.05) is 24.2 Å². The zero-order valence-corrected chi connectivity index (χ0v) is 13.7. The van der Waals surface area contributed by atoms with Gasteiger partial charge in [-0.05, 0) is 30.7 Å². The first-order chi connectivity index (χ1) is 10.3. The summed E-state index contributed by atoms with van der Waals surface area (Å²) < 4.78 is 1.02. The zero-order chi connectivity index (χ0) is 14.5. The first kappa shape index (κ1) is 14.7. The molecule has 0 aliphatic carbocycles. The molecule has 1 fully saturated rings. The number of nitrogens with one attached hydrogen (secondary N) is 1. The highest BCUT2D eigenvalue weighted by Gasteiger charge is 2.12. The molecule has 3 rings (SSSR count). The molecule has 112 valence electrons. The number of hydrogen-bond donors (Lipinski definition) is 1. The van der Waals surface area contributed by atoms with Crippen LogP contribution in [0.15, 0.2) is 22.7 Å². The van der Waals surface area contributed by atoms with Gasteiger partial charge in [0.2, 0.25) is 0 Å². The number of nitrogens with zero attached hydrogens (tertiary/aromatic N) is 4. The minimum Gasteiger partial charge on any atom is -0.357 e. The van der Waals surface area contributed by atoms with Crippen molar-refractivity contribution in [1.82, 2.24) is 20.5 Å². The van der Waals surface area contributed by atoms with Gasteiger partial charge in [-0.25, -0.2) is 4.98 Å². The van der Waals surface area contributed by atoms with Crippen LogP contribution in [0.3, 0.4) is 0 Å². The summed E-state index contributed by atoms with van der Waals surface area (Å²) >= 11 is 3.28. The lowest BCUT2D eigenvalue weighted by atomic mass is 10.3. The van der Waals surface area contributed by atoms with Gasteiger partial charge in [0.15, 0.2) is 4.34 Å². The van der Waals surface area contributed by atoms with Crippen LogP contribution < -0.4 is 10.2 Å². The predicted molar refractivity (Wildman–Crippen MR) is 87.9 cm³/mol. The highest BCUT2D eigenvalue weighted by atomic mass is 32.2. The third-order valence-corrected chi connectivity index (χ3v) is 5.37. The molecule has 7 heteroatoms. The highest BCUT2D eigenvalue weighted by Crippen LogP contribution is 2.19. The Labute approximate surface area is 133 Å². The third kappa shape index (κ3) is 3.93. The topological polar surface area (TPSA) is 53.9 Å². The third-order valence-electron chi connectivity index (χ3n) is 3.47. The van der Waals surface area contributed by atoms with Gasteiger partial charge in [-0.2, -0.15) is 0 Å². The van der Waals surface area contributed by atoms with E-state index in [1.807, 2.05) is 12.5 Å². The molecule has 1 aliphatic heterocycles. The van der Waals surface area contributed by atoms with Crippen LogP contribution in [0.25, 0.3) is 0 Å². The summed E-state index contributed by atoms with van der Waals surface area (Å²) in [6.45, 7) is 3.84. The van der Waals surface area contributed by atoms with Gasteiger partial charge in [0.25, 0.3) is 0 Å². The van der Waals surface area contributed by atoms with E-state index in [1.165, 1.54) is 18.4 Å². The zero-order valence-electron chi connectivity index (χ0n) is 12.1. The quantitative estimate of drug-likeness (QED) is 0.825. The smallest absolute Gasteiger partial charge is 0.174 e. The van der Waals surface area contributed by atoms with Crippen LogP contribution in [0, 0.1) is 0 Å². The fourth-order valence-corrected chi connectivity index (χ4v) is 3.64. The molecule has 2 aromatic heterocycles. The van der Waals surface area contributed by atoms with E-state index in [4.69, 9.17) is 0 Å². The normalized spacial score (nSPS) is 14.8. The Morgan fingerprint density at radius 2 is 2.10 bits per heavy atom. The Morgan fingerprint density at radius 1 is 1.24 bits per heavy atom. The molecule has 0 aromatic carbocycles. The number of pyridine rings is 1. The molecule has 0 amide bonds. The van der Waals surface area contributed by atoms with Gasteiger partial charge in [-0.15, -0.1) is 10.2 Å². The van der Waals surface area contributed by atoms with Crippen LogP contribution in [0.4, 0.5) is 5.82 Å². The number of hydrogen-bond acceptors (Lipinski definition) is 7. The summed E-state index contributed by atoms with van der Waals surface area (Å²) in [7, 11) is 0. The molecule has 5 nitrogen and oxygen atoms in total. The summed E-state index contributed by atoms with van der Waals surface area (Å²) in [5.74, 6) is 1.10. The van der Waals surface area contributed by atoms with Crippen LogP contribution >= 0.6 is 23.1 Å². The Kier molecular flexibility index (Phi) is 5.05. The number of rotatable bonds is 6. The number of aromatic nitrogens is 3. The maximum absolute atomic E-state index is 4.56. The molecule has 0 spiro atoms. The fraction of sp³-hybridized carbons (Fsp3) is 0.500. The molecule has 0 atom stereocenters. The average molecular weight is 321 g/mol. The number of anilines is 1. The first-order valence-corrected chi connectivity index (χ1v) is 9.16. The summed E-state index contributed by atoms with van der Waals surface area (Å²) in [6.07, 6.45) is 6.55. The highest BCUT2D eigenvalue weighted by molar-refractivity contribution is 8.00. The van der Waals surface area contributed by atoms with Crippen LogP contribution in [0.1, 0.15) is 23.4 Å². The molecular formula is C14H19N5S2. The van der Waals surface area contributed by atoms with E-state index in [9.17, 15) is 0 Å². The van der Waals surface area contributed by atoms with E-state index >= 15 is 0 Å². The van der Waals surface area contributed by atoms with Crippen molar-refractivity contribution in [3.05, 3.63) is 28.9 Å². The van der Waals surface area contributed by atoms with Crippen molar-refractivity contribution in [3.63, 3.8) is 0 Å². The van der Waals surface area contributed by atoms with Crippen molar-refractivity contribution >= 4 is 28.9 Å². The van der Waals surface area contributed by atoms with Crippen LogP contribution in [0.5, 0.6) is 0 Å². The van der Waals surface area contributed by atoms with Crippen molar-refractivity contribution in [3.8, 4) is 0 Å². The Morgan fingerprint density at radius 3 is 2.76 bits per heavy atom. The maximum Gasteiger partial charge on any atom is 0.174 e. The minimum atomic E-state index is 0.756. The van der Waals surface area contributed by atoms with Gasteiger partial charge in [0.05, 0.1) is 6.54 Å². The molecule has 21 heavy (non-hydrogen) atoms. The largest absolute Gasteiger partial charge is 0.357 e. The van der Waals surface area contributed by atoms with E-state index in [-0.39, 0.29) is 0 Å². The molecule has 0 bridgehead atoms. The van der Waals surface area contributed by atoms with Crippen molar-refractivity contribution in [2.45, 2.75) is 30.3 Å². The molecule has 1 saturated heterocycles. The van der Waals surface area contributed by atoms with E-state index in [0.29, 0.717) is 0 Å². The SMILES string of the molecule is CSc1nnc(CNCc2ccc(N3CCCC3)nc2)s1. The molecule has 2 aromatic rings. The lowest BCUT2D eigenvalue weighted by Crippen LogP contribution is -2.19. The van der Waals surface area contributed by atoms with Crippen LogP contribution in [-0.4, -0.2) is 34.5 Å². The fourth-order valence-electron chi connectivity index (χ4n) is 2.36. The summed E-state index contributed by atoms with van der Waals surface area (Å²) in [5, 5.41) is 12.7. The van der Waals surface area contributed by atoms with E-state index < -0.39 is 0 Å². The van der Waals surface area contributed by atoms with E-state index in [0.717, 1.165) is 41.3 Å². The van der Waals surface area contributed by atoms with Gasteiger partial charge in [-0.1, -0.05) is 29.2 Å². The second-order valence-corrected chi connectivity index (χ2v) is 7.10. The van der Waals surface area contributed by atoms with Crippen molar-refractivity contribution in [2.24, 2.45) is 0 Å². The molecule has 1 aliphatic rings. The molecular weight excluding hydrogens is 302 g/mol. The summed E-state index contributed by atoms with van der Waals surface area (Å²) in [6, 6.07) is 4.28. The van der Waals surface area contributed by atoms with E-state index in [2.05, 4.69) is 37.5 Å². The summed E-state index contributed by atoms with van der Waals surface area (Å²) in [5.41, 5.74) is 1.20. The predicted octanol–water partition coefficient (Wildman–Crippen LogP) is 2.55. The molecule has 0 unspecified atom stereocenters. The van der Waals surface area contributed by atoms with Crippen molar-refractivity contribution < 1.29 is 0 Å². The monoisotopic (exact) mass is 321 g/mol. The second kappa shape index (κ2) is 7.20. The molecule has 0 saturated carbocycles. The molecule has 0 radical (unpaired) electrons. The average Bonchev–Trinajstić information content (AvgIpc) is 3.19. The van der Waals surface area contributed by atoms with Gasteiger partial charge >= 0.3 is 0 Å². The molecule has 3 heterocycles. The van der Waals surface area contributed by atoms with Gasteiger partial charge in [-0.3, -0.25) is 0 Å². The van der Waals surface area contributed by atoms with Crippen LogP contribution in [-0.2, 0) is 13.1 Å². The van der Waals surface area contributed by atoms with E-state index in [1.54, 1.807) is 23.1 Å². The lowest BCUT2D eigenvalue weighted by Gasteiger charge is -2.16.